The Morgan fingerprint density at radius 3 is 2.56 bits per heavy atom. The minimum absolute atomic E-state index is 0.106. The molecule has 1 aromatic rings. The maximum Gasteiger partial charge on any atom is 0.306 e. The van der Waals surface area contributed by atoms with Crippen LogP contribution in [0.4, 0.5) is 4.39 Å². The van der Waals surface area contributed by atoms with Gasteiger partial charge >= 0.3 is 5.97 Å². The third-order valence-electron chi connectivity index (χ3n) is 4.04. The summed E-state index contributed by atoms with van der Waals surface area (Å²) in [4.78, 5) is 11.2. The molecular formula is C13H13FO2. The summed E-state index contributed by atoms with van der Waals surface area (Å²) in [7, 11) is 0. The quantitative estimate of drug-likeness (QED) is 0.680. The number of rotatable bonds is 1. The minimum Gasteiger partial charge on any atom is -0.458 e. The summed E-state index contributed by atoms with van der Waals surface area (Å²) in [6, 6.07) is 6.50. The van der Waals surface area contributed by atoms with Gasteiger partial charge in [0.05, 0.1) is 0 Å². The maximum atomic E-state index is 12.8. The Hall–Kier alpha value is -1.38. The van der Waals surface area contributed by atoms with Crippen molar-refractivity contribution in [2.24, 2.45) is 0 Å². The van der Waals surface area contributed by atoms with Crippen LogP contribution in [0.25, 0.3) is 0 Å². The Morgan fingerprint density at radius 1 is 1.31 bits per heavy atom. The van der Waals surface area contributed by atoms with Crippen molar-refractivity contribution in [2.75, 3.05) is 0 Å². The fraction of sp³-hybridized carbons (Fsp3) is 0.462. The molecule has 1 heterocycles. The molecule has 0 unspecified atom stereocenters. The average molecular weight is 220 g/mol. The molecule has 1 saturated heterocycles. The number of esters is 1. The first kappa shape index (κ1) is 9.82. The summed E-state index contributed by atoms with van der Waals surface area (Å²) in [6.07, 6.45) is 2.16. The van der Waals surface area contributed by atoms with Crippen molar-refractivity contribution in [2.45, 2.75) is 37.2 Å². The summed E-state index contributed by atoms with van der Waals surface area (Å²) in [5, 5.41) is 0. The molecule has 3 rings (SSSR count). The van der Waals surface area contributed by atoms with Gasteiger partial charge in [-0.3, -0.25) is 4.79 Å². The lowest BCUT2D eigenvalue weighted by Gasteiger charge is -2.17. The first-order chi connectivity index (χ1) is 7.56. The number of halogens is 1. The summed E-state index contributed by atoms with van der Waals surface area (Å²) >= 11 is 0. The Bertz CT molecular complexity index is 454. The molecule has 1 aliphatic heterocycles. The molecule has 0 aromatic heterocycles. The molecule has 0 bridgehead atoms. The Morgan fingerprint density at radius 2 is 2.00 bits per heavy atom. The van der Waals surface area contributed by atoms with Gasteiger partial charge in [0.2, 0.25) is 0 Å². The van der Waals surface area contributed by atoms with E-state index in [9.17, 15) is 9.18 Å². The van der Waals surface area contributed by atoms with Crippen LogP contribution >= 0.6 is 0 Å². The van der Waals surface area contributed by atoms with Gasteiger partial charge in [0.15, 0.2) is 0 Å². The second-order valence-corrected chi connectivity index (χ2v) is 4.98. The van der Waals surface area contributed by atoms with Gasteiger partial charge in [0.1, 0.15) is 11.4 Å². The number of hydrogen-bond donors (Lipinski definition) is 0. The monoisotopic (exact) mass is 220 g/mol. The zero-order chi connectivity index (χ0) is 11.4. The first-order valence-corrected chi connectivity index (χ1v) is 5.54. The fourth-order valence-electron chi connectivity index (χ4n) is 2.85. The normalized spacial score (nSPS) is 36.5. The molecule has 1 saturated carbocycles. The summed E-state index contributed by atoms with van der Waals surface area (Å²) in [5.41, 5.74) is 0.637. The van der Waals surface area contributed by atoms with E-state index in [1.54, 1.807) is 12.1 Å². The zero-order valence-corrected chi connectivity index (χ0v) is 9.13. The molecule has 2 fully saturated rings. The number of hydrogen-bond acceptors (Lipinski definition) is 2. The number of carbonyl (C=O) groups is 1. The molecular weight excluding hydrogens is 207 g/mol. The van der Waals surface area contributed by atoms with Gasteiger partial charge in [-0.1, -0.05) is 19.1 Å². The van der Waals surface area contributed by atoms with Crippen molar-refractivity contribution >= 4 is 5.97 Å². The Balaban J connectivity index is 1.92. The van der Waals surface area contributed by atoms with Crippen molar-refractivity contribution in [3.8, 4) is 0 Å². The van der Waals surface area contributed by atoms with Crippen molar-refractivity contribution < 1.29 is 13.9 Å². The summed E-state index contributed by atoms with van der Waals surface area (Å²) < 4.78 is 18.3. The van der Waals surface area contributed by atoms with Crippen LogP contribution in [0.15, 0.2) is 24.3 Å². The lowest BCUT2D eigenvalue weighted by Crippen LogP contribution is -2.21. The minimum atomic E-state index is -0.304. The molecule has 1 aromatic carbocycles. The molecule has 1 aliphatic carbocycles. The Kier molecular flexibility index (Phi) is 1.74. The van der Waals surface area contributed by atoms with E-state index in [0.29, 0.717) is 6.42 Å². The van der Waals surface area contributed by atoms with Gasteiger partial charge in [0.25, 0.3) is 0 Å². The van der Waals surface area contributed by atoms with Gasteiger partial charge < -0.3 is 4.74 Å². The van der Waals surface area contributed by atoms with E-state index >= 15 is 0 Å². The van der Waals surface area contributed by atoms with Crippen molar-refractivity contribution in [3.05, 3.63) is 35.6 Å². The van der Waals surface area contributed by atoms with Crippen LogP contribution in [0.3, 0.4) is 0 Å². The molecule has 84 valence electrons. The molecule has 0 amide bonds. The molecule has 1 spiro atoms. The topological polar surface area (TPSA) is 26.3 Å². The smallest absolute Gasteiger partial charge is 0.306 e. The Labute approximate surface area is 93.4 Å². The largest absolute Gasteiger partial charge is 0.458 e. The average Bonchev–Trinajstić information content (AvgIpc) is 2.63. The molecule has 2 aliphatic rings. The lowest BCUT2D eigenvalue weighted by atomic mass is 9.93. The van der Waals surface area contributed by atoms with Crippen molar-refractivity contribution in [1.29, 1.82) is 0 Å². The molecule has 2 nitrogen and oxygen atoms in total. The van der Waals surface area contributed by atoms with E-state index in [2.05, 4.69) is 6.92 Å². The second-order valence-electron chi connectivity index (χ2n) is 4.98. The van der Waals surface area contributed by atoms with E-state index in [0.717, 1.165) is 18.4 Å². The summed E-state index contributed by atoms with van der Waals surface area (Å²) in [6.45, 7) is 2.08. The third-order valence-corrected chi connectivity index (χ3v) is 4.04. The van der Waals surface area contributed by atoms with E-state index in [-0.39, 0.29) is 22.8 Å². The van der Waals surface area contributed by atoms with Crippen LogP contribution in [0.5, 0.6) is 0 Å². The van der Waals surface area contributed by atoms with E-state index in [1.165, 1.54) is 12.1 Å². The number of benzene rings is 1. The highest BCUT2D eigenvalue weighted by atomic mass is 19.1. The van der Waals surface area contributed by atoms with Gasteiger partial charge in [-0.25, -0.2) is 4.39 Å². The van der Waals surface area contributed by atoms with Crippen LogP contribution in [-0.2, 0) is 14.9 Å². The molecule has 3 heteroatoms. The molecule has 2 atom stereocenters. The fourth-order valence-corrected chi connectivity index (χ4v) is 2.85. The second kappa shape index (κ2) is 2.84. The number of carbonyl (C=O) groups excluding carboxylic acids is 1. The van der Waals surface area contributed by atoms with E-state index < -0.39 is 0 Å². The summed E-state index contributed by atoms with van der Waals surface area (Å²) in [5.74, 6) is -0.337. The molecule has 16 heavy (non-hydrogen) atoms. The highest BCUT2D eigenvalue weighted by molar-refractivity contribution is 5.74. The highest BCUT2D eigenvalue weighted by Gasteiger charge is 2.70. The van der Waals surface area contributed by atoms with Gasteiger partial charge in [0, 0.05) is 18.3 Å². The molecule has 0 radical (unpaired) electrons. The van der Waals surface area contributed by atoms with Crippen LogP contribution in [0.1, 0.15) is 31.7 Å². The van der Waals surface area contributed by atoms with Crippen LogP contribution in [0, 0.1) is 5.82 Å². The van der Waals surface area contributed by atoms with Gasteiger partial charge in [-0.15, -0.1) is 0 Å². The van der Waals surface area contributed by atoms with E-state index in [1.807, 2.05) is 0 Å². The lowest BCUT2D eigenvalue weighted by molar-refractivity contribution is -0.143. The third kappa shape index (κ3) is 1.14. The number of ether oxygens (including phenoxy) is 1. The van der Waals surface area contributed by atoms with Crippen molar-refractivity contribution in [3.63, 3.8) is 0 Å². The molecule has 0 N–H and O–H groups in total. The highest BCUT2D eigenvalue weighted by Crippen LogP contribution is 2.64. The standard InChI is InChI=1S/C13H13FO2/c1-12(9-2-4-10(14)5-3-9)8-13(12)7-6-11(15)16-13/h2-5H,6-8H2,1H3/t12-,13+/m1/s1. The maximum absolute atomic E-state index is 12.8. The van der Waals surface area contributed by atoms with Crippen LogP contribution < -0.4 is 0 Å². The first-order valence-electron chi connectivity index (χ1n) is 5.54. The zero-order valence-electron chi connectivity index (χ0n) is 9.13. The van der Waals surface area contributed by atoms with E-state index in [4.69, 9.17) is 4.74 Å². The van der Waals surface area contributed by atoms with Crippen molar-refractivity contribution in [1.82, 2.24) is 0 Å². The van der Waals surface area contributed by atoms with Gasteiger partial charge in [-0.05, 0) is 24.1 Å². The van der Waals surface area contributed by atoms with Crippen LogP contribution in [-0.4, -0.2) is 11.6 Å². The van der Waals surface area contributed by atoms with Crippen LogP contribution in [0.2, 0.25) is 0 Å². The SMILES string of the molecule is C[C@]1(c2ccc(F)cc2)C[C@@]12CCC(=O)O2. The predicted octanol–water partition coefficient (Wildman–Crippen LogP) is 2.56. The predicted molar refractivity (Wildman–Crippen MR) is 56.4 cm³/mol. The van der Waals surface area contributed by atoms with Gasteiger partial charge in [-0.2, -0.15) is 0 Å².